The molecule has 0 fully saturated rings. The van der Waals surface area contributed by atoms with Crippen LogP contribution in [0.4, 0.5) is 13.2 Å². The van der Waals surface area contributed by atoms with E-state index in [1.165, 1.54) is 36.0 Å². The van der Waals surface area contributed by atoms with Gasteiger partial charge in [-0.1, -0.05) is 18.2 Å². The molecule has 1 amide bonds. The number of ether oxygens (including phenoxy) is 1. The van der Waals surface area contributed by atoms with E-state index in [2.05, 4.69) is 15.2 Å². The first-order chi connectivity index (χ1) is 12.1. The molecule has 1 heterocycles. The Morgan fingerprint density at radius 1 is 1.35 bits per heavy atom. The van der Waals surface area contributed by atoms with E-state index < -0.39 is 17.9 Å². The fourth-order valence-electron chi connectivity index (χ4n) is 2.34. The number of aryl methyl sites for hydroxylation is 2. The third kappa shape index (κ3) is 5.76. The van der Waals surface area contributed by atoms with E-state index in [1.807, 2.05) is 0 Å². The molecule has 0 radical (unpaired) electrons. The molecular weight excluding hydrogens is 351 g/mol. The molecule has 26 heavy (non-hydrogen) atoms. The Morgan fingerprint density at radius 3 is 2.65 bits per heavy atom. The number of rotatable bonds is 7. The van der Waals surface area contributed by atoms with Gasteiger partial charge < -0.3 is 15.2 Å². The van der Waals surface area contributed by atoms with Crippen molar-refractivity contribution in [2.24, 2.45) is 7.05 Å². The van der Waals surface area contributed by atoms with Crippen LogP contribution < -0.4 is 10.1 Å². The van der Waals surface area contributed by atoms with Gasteiger partial charge in [-0.05, 0) is 25.0 Å². The van der Waals surface area contributed by atoms with Crippen LogP contribution >= 0.6 is 0 Å². The second kappa shape index (κ2) is 7.77. The minimum absolute atomic E-state index is 0.0403. The van der Waals surface area contributed by atoms with Crippen LogP contribution in [-0.2, 0) is 23.9 Å². The van der Waals surface area contributed by atoms with Crippen molar-refractivity contribution >= 4 is 5.91 Å². The van der Waals surface area contributed by atoms with Crippen LogP contribution in [0.15, 0.2) is 36.7 Å². The maximum Gasteiger partial charge on any atom is 0.573 e. The number of aromatic nitrogens is 2. The number of amides is 1. The van der Waals surface area contributed by atoms with Gasteiger partial charge in [0.1, 0.15) is 11.4 Å². The molecule has 2 N–H and O–H groups in total. The highest BCUT2D eigenvalue weighted by Crippen LogP contribution is 2.27. The van der Waals surface area contributed by atoms with Crippen LogP contribution in [0.3, 0.4) is 0 Å². The van der Waals surface area contributed by atoms with Crippen LogP contribution in [0.25, 0.3) is 0 Å². The Hall–Kier alpha value is -2.55. The van der Waals surface area contributed by atoms with Crippen molar-refractivity contribution in [3.05, 3.63) is 47.8 Å². The summed E-state index contributed by atoms with van der Waals surface area (Å²) in [5.74, 6) is -0.717. The molecule has 1 aromatic carbocycles. The molecule has 2 rings (SSSR count). The summed E-state index contributed by atoms with van der Waals surface area (Å²) >= 11 is 0. The lowest BCUT2D eigenvalue weighted by molar-refractivity contribution is -0.274. The molecule has 0 aliphatic heterocycles. The van der Waals surface area contributed by atoms with Gasteiger partial charge in [0.2, 0.25) is 5.91 Å². The van der Waals surface area contributed by atoms with Gasteiger partial charge >= 0.3 is 6.36 Å². The number of aliphatic hydroxyl groups is 1. The Morgan fingerprint density at radius 2 is 2.04 bits per heavy atom. The van der Waals surface area contributed by atoms with Crippen molar-refractivity contribution in [3.63, 3.8) is 0 Å². The van der Waals surface area contributed by atoms with E-state index in [-0.39, 0.29) is 30.7 Å². The number of halogens is 3. The SMILES string of the molecule is Cn1cc([C@@](C)(O)CNC(=O)CCc2ccccc2OC(F)(F)F)cn1. The summed E-state index contributed by atoms with van der Waals surface area (Å²) in [4.78, 5) is 12.0. The van der Waals surface area contributed by atoms with Crippen molar-refractivity contribution in [1.29, 1.82) is 0 Å². The summed E-state index contributed by atoms with van der Waals surface area (Å²) in [6.07, 6.45) is -1.62. The average molecular weight is 371 g/mol. The van der Waals surface area contributed by atoms with E-state index >= 15 is 0 Å². The molecule has 2 aromatic rings. The predicted octanol–water partition coefficient (Wildman–Crippen LogP) is 2.28. The molecule has 0 unspecified atom stereocenters. The summed E-state index contributed by atoms with van der Waals surface area (Å²) in [6.45, 7) is 1.50. The average Bonchev–Trinajstić information content (AvgIpc) is 2.98. The first-order valence-electron chi connectivity index (χ1n) is 7.89. The largest absolute Gasteiger partial charge is 0.573 e. The number of hydrogen-bond donors (Lipinski definition) is 2. The van der Waals surface area contributed by atoms with Crippen molar-refractivity contribution < 1.29 is 27.8 Å². The van der Waals surface area contributed by atoms with E-state index in [9.17, 15) is 23.1 Å². The Balaban J connectivity index is 1.89. The second-order valence-electron chi connectivity index (χ2n) is 6.11. The minimum Gasteiger partial charge on any atom is -0.406 e. The standard InChI is InChI=1S/C17H20F3N3O3/c1-16(25,13-9-22-23(2)10-13)11-21-15(24)8-7-12-5-3-4-6-14(12)26-17(18,19)20/h3-6,9-10,25H,7-8,11H2,1-2H3,(H,21,24)/t16-/m0/s1. The van der Waals surface area contributed by atoms with E-state index in [0.717, 1.165) is 0 Å². The van der Waals surface area contributed by atoms with Gasteiger partial charge in [-0.15, -0.1) is 13.2 Å². The van der Waals surface area contributed by atoms with Crippen molar-refractivity contribution in [2.75, 3.05) is 6.54 Å². The van der Waals surface area contributed by atoms with Gasteiger partial charge in [0.05, 0.1) is 12.7 Å². The topological polar surface area (TPSA) is 76.4 Å². The number of hydrogen-bond acceptors (Lipinski definition) is 4. The molecule has 0 saturated heterocycles. The number of nitrogens with one attached hydrogen (secondary N) is 1. The highest BCUT2D eigenvalue weighted by Gasteiger charge is 2.32. The predicted molar refractivity (Wildman–Crippen MR) is 87.2 cm³/mol. The molecule has 0 bridgehead atoms. The molecule has 142 valence electrons. The molecular formula is C17H20F3N3O3. The van der Waals surface area contributed by atoms with Crippen LogP contribution in [-0.4, -0.2) is 33.7 Å². The Bertz CT molecular complexity index is 757. The van der Waals surface area contributed by atoms with Crippen LogP contribution in [0.5, 0.6) is 5.75 Å². The second-order valence-corrected chi connectivity index (χ2v) is 6.11. The molecule has 0 spiro atoms. The highest BCUT2D eigenvalue weighted by atomic mass is 19.4. The van der Waals surface area contributed by atoms with E-state index in [4.69, 9.17) is 0 Å². The van der Waals surface area contributed by atoms with Gasteiger partial charge in [0, 0.05) is 25.2 Å². The van der Waals surface area contributed by atoms with Crippen molar-refractivity contribution in [2.45, 2.75) is 31.7 Å². The van der Waals surface area contributed by atoms with Crippen molar-refractivity contribution in [3.8, 4) is 5.75 Å². The number of para-hydroxylation sites is 1. The smallest absolute Gasteiger partial charge is 0.406 e. The molecule has 0 aliphatic rings. The van der Waals surface area contributed by atoms with Gasteiger partial charge in [0.25, 0.3) is 0 Å². The Labute approximate surface area is 148 Å². The zero-order chi connectivity index (χ0) is 19.4. The first kappa shape index (κ1) is 19.8. The Kier molecular flexibility index (Phi) is 5.91. The van der Waals surface area contributed by atoms with Crippen LogP contribution in [0.2, 0.25) is 0 Å². The maximum atomic E-state index is 12.4. The number of carbonyl (C=O) groups is 1. The van der Waals surface area contributed by atoms with Crippen LogP contribution in [0, 0.1) is 0 Å². The van der Waals surface area contributed by atoms with Gasteiger partial charge in [-0.25, -0.2) is 0 Å². The molecule has 1 aromatic heterocycles. The fraction of sp³-hybridized carbons (Fsp3) is 0.412. The van der Waals surface area contributed by atoms with E-state index in [0.29, 0.717) is 5.56 Å². The van der Waals surface area contributed by atoms with Gasteiger partial charge in [-0.3, -0.25) is 9.48 Å². The zero-order valence-electron chi connectivity index (χ0n) is 14.4. The first-order valence-corrected chi connectivity index (χ1v) is 7.89. The summed E-state index contributed by atoms with van der Waals surface area (Å²) in [7, 11) is 1.71. The normalized spacial score (nSPS) is 13.9. The lowest BCUT2D eigenvalue weighted by Crippen LogP contribution is -2.38. The lowest BCUT2D eigenvalue weighted by Gasteiger charge is -2.22. The summed E-state index contributed by atoms with van der Waals surface area (Å²) in [6, 6.07) is 5.67. The molecule has 1 atom stereocenters. The minimum atomic E-state index is -4.79. The number of benzene rings is 1. The molecule has 0 saturated carbocycles. The quantitative estimate of drug-likeness (QED) is 0.783. The monoisotopic (exact) mass is 371 g/mol. The molecule has 9 heteroatoms. The number of alkyl halides is 3. The number of carbonyl (C=O) groups excluding carboxylic acids is 1. The fourth-order valence-corrected chi connectivity index (χ4v) is 2.34. The highest BCUT2D eigenvalue weighted by molar-refractivity contribution is 5.76. The maximum absolute atomic E-state index is 12.4. The zero-order valence-corrected chi connectivity index (χ0v) is 14.4. The summed E-state index contributed by atoms with van der Waals surface area (Å²) in [5, 5.41) is 16.9. The summed E-state index contributed by atoms with van der Waals surface area (Å²) in [5.41, 5.74) is -0.482. The van der Waals surface area contributed by atoms with Crippen molar-refractivity contribution in [1.82, 2.24) is 15.1 Å². The third-order valence-electron chi connectivity index (χ3n) is 3.78. The number of nitrogens with zero attached hydrogens (tertiary/aromatic N) is 2. The van der Waals surface area contributed by atoms with Gasteiger partial charge in [-0.2, -0.15) is 5.10 Å². The molecule has 6 nitrogen and oxygen atoms in total. The lowest BCUT2D eigenvalue weighted by atomic mass is 9.99. The van der Waals surface area contributed by atoms with Crippen LogP contribution in [0.1, 0.15) is 24.5 Å². The molecule has 0 aliphatic carbocycles. The van der Waals surface area contributed by atoms with Gasteiger partial charge in [0.15, 0.2) is 0 Å². The van der Waals surface area contributed by atoms with E-state index in [1.54, 1.807) is 19.3 Å². The summed E-state index contributed by atoms with van der Waals surface area (Å²) < 4.78 is 42.7. The third-order valence-corrected chi connectivity index (χ3v) is 3.78.